The number of Topliss-reactive ketones (excluding diaryl/α,β-unsaturated/α-hetero) is 1. The van der Waals surface area contributed by atoms with E-state index in [-0.39, 0.29) is 17.7 Å². The molecule has 0 saturated heterocycles. The maximum Gasteiger partial charge on any atom is 0.407 e. The molecule has 17 heavy (non-hydrogen) atoms. The number of carbonyl (C=O) groups is 2. The van der Waals surface area contributed by atoms with Crippen LogP contribution in [0.3, 0.4) is 0 Å². The number of nitrogens with zero attached hydrogens (tertiary/aromatic N) is 1. The summed E-state index contributed by atoms with van der Waals surface area (Å²) in [6.45, 7) is 3.49. The highest BCUT2D eigenvalue weighted by Gasteiger charge is 2.26. The lowest BCUT2D eigenvalue weighted by Gasteiger charge is -2.26. The summed E-state index contributed by atoms with van der Waals surface area (Å²) in [6.07, 6.45) is -1.02. The molecule has 1 rings (SSSR count). The molecule has 1 aromatic rings. The fraction of sp³-hybridized carbons (Fsp3) is 0.385. The van der Waals surface area contributed by atoms with Gasteiger partial charge in [0.25, 0.3) is 0 Å². The third-order valence-corrected chi connectivity index (χ3v) is 3.11. The first kappa shape index (κ1) is 13.2. The highest BCUT2D eigenvalue weighted by molar-refractivity contribution is 5.98. The number of carboxylic acid groups (broad SMARTS) is 1. The molecule has 0 fully saturated rings. The van der Waals surface area contributed by atoms with Crippen LogP contribution >= 0.6 is 0 Å². The van der Waals surface area contributed by atoms with Crippen molar-refractivity contribution in [3.8, 4) is 0 Å². The molecular weight excluding hydrogens is 218 g/mol. The van der Waals surface area contributed by atoms with Crippen LogP contribution in [-0.4, -0.2) is 35.0 Å². The molecule has 1 aromatic carbocycles. The average molecular weight is 235 g/mol. The van der Waals surface area contributed by atoms with Crippen molar-refractivity contribution in [2.24, 2.45) is 5.92 Å². The molecule has 0 aromatic heterocycles. The number of benzene rings is 1. The quantitative estimate of drug-likeness (QED) is 0.816. The van der Waals surface area contributed by atoms with Crippen LogP contribution in [0.5, 0.6) is 0 Å². The zero-order valence-electron chi connectivity index (χ0n) is 10.3. The van der Waals surface area contributed by atoms with Crippen molar-refractivity contribution in [1.82, 2.24) is 4.90 Å². The minimum atomic E-state index is -1.02. The van der Waals surface area contributed by atoms with E-state index in [9.17, 15) is 9.59 Å². The minimum absolute atomic E-state index is 0.0359. The van der Waals surface area contributed by atoms with Crippen molar-refractivity contribution in [3.63, 3.8) is 0 Å². The Morgan fingerprint density at radius 1 is 1.18 bits per heavy atom. The molecule has 1 amide bonds. The Balaban J connectivity index is 2.80. The summed E-state index contributed by atoms with van der Waals surface area (Å²) in [5, 5.41) is 8.87. The molecule has 0 aliphatic heterocycles. The Kier molecular flexibility index (Phi) is 4.26. The van der Waals surface area contributed by atoms with E-state index in [0.29, 0.717) is 5.56 Å². The zero-order valence-corrected chi connectivity index (χ0v) is 10.3. The average Bonchev–Trinajstić information content (AvgIpc) is 2.36. The van der Waals surface area contributed by atoms with Crippen molar-refractivity contribution in [2.75, 3.05) is 7.05 Å². The first-order valence-electron chi connectivity index (χ1n) is 5.50. The number of hydrogen-bond acceptors (Lipinski definition) is 2. The topological polar surface area (TPSA) is 57.6 Å². The van der Waals surface area contributed by atoms with Gasteiger partial charge < -0.3 is 10.0 Å². The largest absolute Gasteiger partial charge is 0.465 e. The molecule has 1 unspecified atom stereocenters. The molecular formula is C13H17NO3. The number of amides is 1. The lowest BCUT2D eigenvalue weighted by molar-refractivity contribution is 0.0836. The van der Waals surface area contributed by atoms with Gasteiger partial charge in [0, 0.05) is 24.6 Å². The molecule has 0 aliphatic rings. The third-order valence-electron chi connectivity index (χ3n) is 3.11. The Bertz CT molecular complexity index is 402. The number of carbonyl (C=O) groups excluding carboxylic acids is 1. The van der Waals surface area contributed by atoms with Crippen LogP contribution in [0.25, 0.3) is 0 Å². The minimum Gasteiger partial charge on any atom is -0.465 e. The number of rotatable bonds is 4. The fourth-order valence-electron chi connectivity index (χ4n) is 1.59. The molecule has 0 saturated carbocycles. The van der Waals surface area contributed by atoms with Gasteiger partial charge in [0.1, 0.15) is 0 Å². The van der Waals surface area contributed by atoms with Crippen molar-refractivity contribution >= 4 is 11.9 Å². The van der Waals surface area contributed by atoms with E-state index in [4.69, 9.17) is 5.11 Å². The Hall–Kier alpha value is -1.84. The molecule has 0 heterocycles. The van der Waals surface area contributed by atoms with Gasteiger partial charge in [-0.05, 0) is 6.92 Å². The summed E-state index contributed by atoms with van der Waals surface area (Å²) >= 11 is 0. The molecule has 0 radical (unpaired) electrons. The predicted molar refractivity (Wildman–Crippen MR) is 65.2 cm³/mol. The molecule has 4 heteroatoms. The van der Waals surface area contributed by atoms with Gasteiger partial charge in [0.15, 0.2) is 5.78 Å². The first-order chi connectivity index (χ1) is 7.95. The van der Waals surface area contributed by atoms with E-state index >= 15 is 0 Å². The monoisotopic (exact) mass is 235 g/mol. The van der Waals surface area contributed by atoms with Crippen molar-refractivity contribution in [3.05, 3.63) is 35.9 Å². The second kappa shape index (κ2) is 5.48. The van der Waals surface area contributed by atoms with Gasteiger partial charge in [0.05, 0.1) is 0 Å². The lowest BCUT2D eigenvalue weighted by atomic mass is 9.93. The molecule has 2 atom stereocenters. The molecule has 4 nitrogen and oxygen atoms in total. The third kappa shape index (κ3) is 3.06. The standard InChI is InChI=1S/C13H17NO3/c1-9(10(2)14(3)13(16)17)12(15)11-7-5-4-6-8-11/h4-10H,1-3H3,(H,16,17)/t9-,10?/m0/s1. The summed E-state index contributed by atoms with van der Waals surface area (Å²) in [7, 11) is 1.47. The van der Waals surface area contributed by atoms with E-state index in [1.165, 1.54) is 7.05 Å². The van der Waals surface area contributed by atoms with E-state index in [1.54, 1.807) is 38.1 Å². The van der Waals surface area contributed by atoms with Gasteiger partial charge in [0.2, 0.25) is 0 Å². The normalized spacial score (nSPS) is 13.8. The van der Waals surface area contributed by atoms with Gasteiger partial charge in [-0.1, -0.05) is 37.3 Å². The maximum atomic E-state index is 12.1. The molecule has 1 N–H and O–H groups in total. The van der Waals surface area contributed by atoms with Gasteiger partial charge in [-0.15, -0.1) is 0 Å². The first-order valence-corrected chi connectivity index (χ1v) is 5.50. The molecule has 0 spiro atoms. The number of ketones is 1. The van der Waals surface area contributed by atoms with Crippen LogP contribution in [-0.2, 0) is 0 Å². The summed E-state index contributed by atoms with van der Waals surface area (Å²) in [5.74, 6) is -0.398. The van der Waals surface area contributed by atoms with Crippen LogP contribution in [0.4, 0.5) is 4.79 Å². The molecule has 0 bridgehead atoms. The van der Waals surface area contributed by atoms with Crippen LogP contribution in [0, 0.1) is 5.92 Å². The van der Waals surface area contributed by atoms with Gasteiger partial charge >= 0.3 is 6.09 Å². The molecule has 92 valence electrons. The van der Waals surface area contributed by atoms with Crippen molar-refractivity contribution < 1.29 is 14.7 Å². The lowest BCUT2D eigenvalue weighted by Crippen LogP contribution is -2.40. The van der Waals surface area contributed by atoms with Crippen LogP contribution in [0.15, 0.2) is 30.3 Å². The van der Waals surface area contributed by atoms with E-state index < -0.39 is 6.09 Å². The van der Waals surface area contributed by atoms with Gasteiger partial charge in [-0.3, -0.25) is 4.79 Å². The summed E-state index contributed by atoms with van der Waals surface area (Å²) in [5.41, 5.74) is 0.616. The number of hydrogen-bond donors (Lipinski definition) is 1. The van der Waals surface area contributed by atoms with Gasteiger partial charge in [-0.25, -0.2) is 4.79 Å². The maximum absolute atomic E-state index is 12.1. The zero-order chi connectivity index (χ0) is 13.0. The fourth-order valence-corrected chi connectivity index (χ4v) is 1.59. The van der Waals surface area contributed by atoms with Crippen LogP contribution in [0.1, 0.15) is 24.2 Å². The summed E-state index contributed by atoms with van der Waals surface area (Å²) in [6, 6.07) is 8.57. The smallest absolute Gasteiger partial charge is 0.407 e. The summed E-state index contributed by atoms with van der Waals surface area (Å²) < 4.78 is 0. The second-order valence-corrected chi connectivity index (χ2v) is 4.15. The summed E-state index contributed by atoms with van der Waals surface area (Å²) in [4.78, 5) is 24.1. The Labute approximate surface area is 101 Å². The van der Waals surface area contributed by atoms with Crippen molar-refractivity contribution in [2.45, 2.75) is 19.9 Å². The second-order valence-electron chi connectivity index (χ2n) is 4.15. The SMILES string of the molecule is CC([C@H](C)C(=O)c1ccccc1)N(C)C(=O)O. The van der Waals surface area contributed by atoms with E-state index in [2.05, 4.69) is 0 Å². The highest BCUT2D eigenvalue weighted by atomic mass is 16.4. The van der Waals surface area contributed by atoms with E-state index in [0.717, 1.165) is 4.90 Å². The van der Waals surface area contributed by atoms with Crippen LogP contribution < -0.4 is 0 Å². The van der Waals surface area contributed by atoms with Crippen LogP contribution in [0.2, 0.25) is 0 Å². The van der Waals surface area contributed by atoms with Crippen molar-refractivity contribution in [1.29, 1.82) is 0 Å². The predicted octanol–water partition coefficient (Wildman–Crippen LogP) is 2.50. The highest BCUT2D eigenvalue weighted by Crippen LogP contribution is 2.15. The van der Waals surface area contributed by atoms with Gasteiger partial charge in [-0.2, -0.15) is 0 Å². The van der Waals surface area contributed by atoms with E-state index in [1.807, 2.05) is 6.07 Å². The molecule has 0 aliphatic carbocycles. The Morgan fingerprint density at radius 2 is 1.71 bits per heavy atom. The Morgan fingerprint density at radius 3 is 2.18 bits per heavy atom.